The molecule has 0 saturated heterocycles. The third kappa shape index (κ3) is 5.18. The number of halogens is 4. The zero-order valence-electron chi connectivity index (χ0n) is 12.6. The summed E-state index contributed by atoms with van der Waals surface area (Å²) < 4.78 is 38.5. The quantitative estimate of drug-likeness (QED) is 0.677. The summed E-state index contributed by atoms with van der Waals surface area (Å²) in [5.74, 6) is 0. The molecular formula is C17H21ClF3N. The van der Waals surface area contributed by atoms with Gasteiger partial charge >= 0.3 is 6.18 Å². The van der Waals surface area contributed by atoms with E-state index in [4.69, 9.17) is 17.3 Å². The third-order valence-corrected chi connectivity index (χ3v) is 3.76. The van der Waals surface area contributed by atoms with Gasteiger partial charge in [0.15, 0.2) is 0 Å². The lowest BCUT2D eigenvalue weighted by Gasteiger charge is -2.15. The molecule has 22 heavy (non-hydrogen) atoms. The fourth-order valence-corrected chi connectivity index (χ4v) is 2.63. The van der Waals surface area contributed by atoms with Crippen molar-refractivity contribution in [2.45, 2.75) is 44.8 Å². The number of alkyl halides is 3. The van der Waals surface area contributed by atoms with Crippen molar-refractivity contribution in [1.29, 1.82) is 0 Å². The minimum Gasteiger partial charge on any atom is -0.328 e. The Labute approximate surface area is 134 Å². The van der Waals surface area contributed by atoms with Gasteiger partial charge in [0, 0.05) is 16.6 Å². The van der Waals surface area contributed by atoms with Gasteiger partial charge in [-0.25, -0.2) is 0 Å². The summed E-state index contributed by atoms with van der Waals surface area (Å²) in [5.41, 5.74) is 6.71. The summed E-state index contributed by atoms with van der Waals surface area (Å²) in [7, 11) is 0. The molecule has 0 bridgehead atoms. The number of allylic oxidation sites excluding steroid dienone is 8. The lowest BCUT2D eigenvalue weighted by Crippen LogP contribution is -2.19. The first-order chi connectivity index (χ1) is 10.2. The first-order valence-corrected chi connectivity index (χ1v) is 7.54. The summed E-state index contributed by atoms with van der Waals surface area (Å²) in [6.07, 6.45) is 1.96. The van der Waals surface area contributed by atoms with E-state index in [-0.39, 0.29) is 11.1 Å². The van der Waals surface area contributed by atoms with Crippen LogP contribution in [-0.4, -0.2) is 12.2 Å². The second-order valence-corrected chi connectivity index (χ2v) is 5.78. The van der Waals surface area contributed by atoms with E-state index in [0.717, 1.165) is 25.0 Å². The van der Waals surface area contributed by atoms with Crippen LogP contribution < -0.4 is 5.73 Å². The maximum atomic E-state index is 12.8. The smallest absolute Gasteiger partial charge is 0.328 e. The van der Waals surface area contributed by atoms with Crippen LogP contribution in [0, 0.1) is 0 Å². The number of hydrogen-bond donors (Lipinski definition) is 1. The fourth-order valence-electron chi connectivity index (χ4n) is 2.26. The van der Waals surface area contributed by atoms with E-state index < -0.39 is 11.7 Å². The Morgan fingerprint density at radius 1 is 1.32 bits per heavy atom. The number of rotatable bonds is 6. The van der Waals surface area contributed by atoms with Gasteiger partial charge in [0.2, 0.25) is 0 Å². The molecule has 1 atom stereocenters. The summed E-state index contributed by atoms with van der Waals surface area (Å²) in [6, 6.07) is 0.0528. The van der Waals surface area contributed by atoms with Crippen LogP contribution >= 0.6 is 11.6 Å². The van der Waals surface area contributed by atoms with Crippen LogP contribution in [0.25, 0.3) is 0 Å². The molecule has 1 aliphatic carbocycles. The van der Waals surface area contributed by atoms with Gasteiger partial charge in [-0.2, -0.15) is 13.2 Å². The molecule has 1 rings (SSSR count). The Kier molecular flexibility index (Phi) is 6.69. The zero-order chi connectivity index (χ0) is 16.9. The molecule has 5 heteroatoms. The van der Waals surface area contributed by atoms with E-state index in [0.29, 0.717) is 29.6 Å². The molecule has 0 aromatic carbocycles. The Hall–Kier alpha value is -1.26. The summed E-state index contributed by atoms with van der Waals surface area (Å²) >= 11 is 6.06. The van der Waals surface area contributed by atoms with E-state index >= 15 is 0 Å². The van der Waals surface area contributed by atoms with Gasteiger partial charge in [-0.1, -0.05) is 44.2 Å². The molecule has 0 aliphatic heterocycles. The molecule has 1 unspecified atom stereocenters. The lowest BCUT2D eigenvalue weighted by atomic mass is 9.94. The zero-order valence-corrected chi connectivity index (χ0v) is 13.4. The highest BCUT2D eigenvalue weighted by molar-refractivity contribution is 6.32. The average molecular weight is 332 g/mol. The summed E-state index contributed by atoms with van der Waals surface area (Å²) in [6.45, 7) is 9.77. The Morgan fingerprint density at radius 2 is 1.95 bits per heavy atom. The molecule has 0 radical (unpaired) electrons. The van der Waals surface area contributed by atoms with Crippen molar-refractivity contribution in [2.24, 2.45) is 5.73 Å². The first-order valence-electron chi connectivity index (χ1n) is 7.16. The Bertz CT molecular complexity index is 539. The van der Waals surface area contributed by atoms with Crippen LogP contribution in [0.1, 0.15) is 32.6 Å². The predicted octanol–water partition coefficient (Wildman–Crippen LogP) is 5.56. The van der Waals surface area contributed by atoms with Crippen molar-refractivity contribution in [2.75, 3.05) is 0 Å². The third-order valence-electron chi connectivity index (χ3n) is 3.46. The number of hydrogen-bond acceptors (Lipinski definition) is 1. The summed E-state index contributed by atoms with van der Waals surface area (Å²) in [5, 5.41) is 0.0105. The van der Waals surface area contributed by atoms with E-state index in [9.17, 15) is 13.2 Å². The molecule has 0 fully saturated rings. The maximum Gasteiger partial charge on any atom is 0.416 e. The topological polar surface area (TPSA) is 26.0 Å². The Balaban J connectivity index is 2.96. The van der Waals surface area contributed by atoms with Crippen molar-refractivity contribution in [3.8, 4) is 0 Å². The van der Waals surface area contributed by atoms with Gasteiger partial charge in [0.1, 0.15) is 0 Å². The van der Waals surface area contributed by atoms with E-state index in [2.05, 4.69) is 20.1 Å². The molecular weight excluding hydrogens is 311 g/mol. The molecule has 122 valence electrons. The summed E-state index contributed by atoms with van der Waals surface area (Å²) in [4.78, 5) is 0. The van der Waals surface area contributed by atoms with Gasteiger partial charge in [0.25, 0.3) is 0 Å². The maximum absolute atomic E-state index is 12.8. The molecule has 1 aliphatic rings. The van der Waals surface area contributed by atoms with E-state index in [1.165, 1.54) is 6.08 Å². The minimum atomic E-state index is -4.45. The van der Waals surface area contributed by atoms with Crippen molar-refractivity contribution in [1.82, 2.24) is 0 Å². The first kappa shape index (κ1) is 18.8. The van der Waals surface area contributed by atoms with Crippen molar-refractivity contribution < 1.29 is 13.2 Å². The molecule has 0 aromatic heterocycles. The highest BCUT2D eigenvalue weighted by Crippen LogP contribution is 2.36. The molecule has 0 amide bonds. The average Bonchev–Trinajstić information content (AvgIpc) is 2.55. The van der Waals surface area contributed by atoms with E-state index in [1.807, 2.05) is 0 Å². The molecule has 0 heterocycles. The van der Waals surface area contributed by atoms with Crippen molar-refractivity contribution >= 4 is 11.6 Å². The molecule has 1 nitrogen and oxygen atoms in total. The van der Waals surface area contributed by atoms with E-state index in [1.54, 1.807) is 0 Å². The van der Waals surface area contributed by atoms with Crippen LogP contribution in [-0.2, 0) is 0 Å². The van der Waals surface area contributed by atoms with Crippen molar-refractivity contribution in [3.05, 3.63) is 58.7 Å². The number of nitrogens with two attached hydrogens (primary N) is 1. The van der Waals surface area contributed by atoms with Gasteiger partial charge in [-0.3, -0.25) is 0 Å². The van der Waals surface area contributed by atoms with Crippen LogP contribution in [0.3, 0.4) is 0 Å². The monoisotopic (exact) mass is 331 g/mol. The standard InChI is InChI=1S/C17H21ClF3N/c1-4-5-14(22)9-7-12(3)16-11(2)6-8-13(10-15(16)18)17(19,20)21/h6,8,10,14H,2-5,7,9,22H2,1H3. The SMILES string of the molecule is C=C1C=CC(C(F)(F)F)=CC(Cl)=C1C(=C)CCC(N)CCC. The van der Waals surface area contributed by atoms with Gasteiger partial charge < -0.3 is 5.73 Å². The highest BCUT2D eigenvalue weighted by Gasteiger charge is 2.33. The molecule has 0 spiro atoms. The van der Waals surface area contributed by atoms with Crippen LogP contribution in [0.15, 0.2) is 58.7 Å². The Morgan fingerprint density at radius 3 is 2.50 bits per heavy atom. The van der Waals surface area contributed by atoms with Gasteiger partial charge in [-0.15, -0.1) is 0 Å². The van der Waals surface area contributed by atoms with Crippen molar-refractivity contribution in [3.63, 3.8) is 0 Å². The second kappa shape index (κ2) is 7.84. The lowest BCUT2D eigenvalue weighted by molar-refractivity contribution is -0.0881. The van der Waals surface area contributed by atoms with Gasteiger partial charge in [-0.05, 0) is 42.6 Å². The normalized spacial score (nSPS) is 17.4. The molecule has 0 saturated carbocycles. The molecule has 2 N–H and O–H groups in total. The van der Waals surface area contributed by atoms with Crippen LogP contribution in [0.5, 0.6) is 0 Å². The predicted molar refractivity (Wildman–Crippen MR) is 86.6 cm³/mol. The fraction of sp³-hybridized carbons (Fsp3) is 0.412. The molecule has 0 aromatic rings. The highest BCUT2D eigenvalue weighted by atomic mass is 35.5. The van der Waals surface area contributed by atoms with Crippen LogP contribution in [0.4, 0.5) is 13.2 Å². The van der Waals surface area contributed by atoms with Gasteiger partial charge in [0.05, 0.1) is 5.57 Å². The van der Waals surface area contributed by atoms with Crippen LogP contribution in [0.2, 0.25) is 0 Å². The second-order valence-electron chi connectivity index (χ2n) is 5.37. The largest absolute Gasteiger partial charge is 0.416 e. The minimum absolute atomic E-state index is 0.0105.